The SMILES string of the molecule is CC(SC12CC3CC(CC(C3)C1)C2)C(N)=O. The normalized spacial score (nSPS) is 46.9. The summed E-state index contributed by atoms with van der Waals surface area (Å²) in [5.74, 6) is 2.73. The van der Waals surface area contributed by atoms with Crippen molar-refractivity contribution in [2.45, 2.75) is 55.4 Å². The topological polar surface area (TPSA) is 43.1 Å². The largest absolute Gasteiger partial charge is 0.369 e. The fourth-order valence-corrected chi connectivity index (χ4v) is 6.47. The van der Waals surface area contributed by atoms with E-state index in [0.29, 0.717) is 4.75 Å². The van der Waals surface area contributed by atoms with E-state index >= 15 is 0 Å². The van der Waals surface area contributed by atoms with Crippen molar-refractivity contribution in [1.82, 2.24) is 0 Å². The average molecular weight is 239 g/mol. The van der Waals surface area contributed by atoms with Crippen molar-refractivity contribution >= 4 is 17.7 Å². The molecule has 1 amide bonds. The van der Waals surface area contributed by atoms with Gasteiger partial charge in [-0.2, -0.15) is 0 Å². The molecule has 0 saturated heterocycles. The van der Waals surface area contributed by atoms with E-state index in [1.807, 2.05) is 18.7 Å². The van der Waals surface area contributed by atoms with Crippen molar-refractivity contribution in [1.29, 1.82) is 0 Å². The third-order valence-electron chi connectivity index (χ3n) is 4.81. The lowest BCUT2D eigenvalue weighted by Gasteiger charge is -2.56. The molecule has 4 aliphatic carbocycles. The Hall–Kier alpha value is -0.180. The number of rotatable bonds is 3. The van der Waals surface area contributed by atoms with Gasteiger partial charge in [-0.05, 0) is 63.2 Å². The van der Waals surface area contributed by atoms with Crippen LogP contribution >= 0.6 is 11.8 Å². The minimum Gasteiger partial charge on any atom is -0.369 e. The molecule has 0 radical (unpaired) electrons. The summed E-state index contributed by atoms with van der Waals surface area (Å²) in [6, 6.07) is 0. The first kappa shape index (κ1) is 10.9. The molecule has 0 aromatic rings. The molecule has 4 aliphatic rings. The highest BCUT2D eigenvalue weighted by Gasteiger charge is 2.51. The Morgan fingerprint density at radius 1 is 1.19 bits per heavy atom. The van der Waals surface area contributed by atoms with Crippen LogP contribution in [0.15, 0.2) is 0 Å². The summed E-state index contributed by atoms with van der Waals surface area (Å²) in [5, 5.41) is -0.00347. The molecule has 4 fully saturated rings. The van der Waals surface area contributed by atoms with E-state index in [-0.39, 0.29) is 11.2 Å². The van der Waals surface area contributed by atoms with Gasteiger partial charge in [0.15, 0.2) is 0 Å². The summed E-state index contributed by atoms with van der Waals surface area (Å²) >= 11 is 1.89. The van der Waals surface area contributed by atoms with Crippen molar-refractivity contribution < 1.29 is 4.79 Å². The van der Waals surface area contributed by atoms with Gasteiger partial charge in [0, 0.05) is 4.75 Å². The number of hydrogen-bond donors (Lipinski definition) is 1. The Morgan fingerprint density at radius 3 is 2.00 bits per heavy atom. The lowest BCUT2D eigenvalue weighted by molar-refractivity contribution is -0.117. The number of thioether (sulfide) groups is 1. The predicted molar refractivity (Wildman–Crippen MR) is 67.2 cm³/mol. The van der Waals surface area contributed by atoms with E-state index in [1.165, 1.54) is 38.5 Å². The molecule has 4 rings (SSSR count). The number of carbonyl (C=O) groups excluding carboxylic acids is 1. The van der Waals surface area contributed by atoms with Gasteiger partial charge in [0.05, 0.1) is 5.25 Å². The van der Waals surface area contributed by atoms with Crippen LogP contribution in [-0.4, -0.2) is 15.9 Å². The highest BCUT2D eigenvalue weighted by Crippen LogP contribution is 2.61. The third-order valence-corrected chi connectivity index (χ3v) is 6.40. The van der Waals surface area contributed by atoms with Crippen molar-refractivity contribution in [2.24, 2.45) is 23.5 Å². The Labute approximate surface area is 102 Å². The van der Waals surface area contributed by atoms with E-state index < -0.39 is 0 Å². The van der Waals surface area contributed by atoms with Crippen LogP contribution in [0, 0.1) is 17.8 Å². The zero-order chi connectivity index (χ0) is 11.3. The Bertz CT molecular complexity index is 280. The number of hydrogen-bond acceptors (Lipinski definition) is 2. The van der Waals surface area contributed by atoms with Crippen molar-refractivity contribution in [3.05, 3.63) is 0 Å². The van der Waals surface area contributed by atoms with Gasteiger partial charge in [-0.1, -0.05) is 0 Å². The van der Waals surface area contributed by atoms with E-state index in [4.69, 9.17) is 5.73 Å². The standard InChI is InChI=1S/C13H21NOS/c1-8(12(14)15)16-13-5-9-2-10(6-13)4-11(3-9)7-13/h8-11H,2-7H2,1H3,(H2,14,15). The molecule has 4 saturated carbocycles. The summed E-state index contributed by atoms with van der Waals surface area (Å²) in [5.41, 5.74) is 5.41. The molecule has 90 valence electrons. The number of carbonyl (C=O) groups is 1. The van der Waals surface area contributed by atoms with Crippen LogP contribution in [0.4, 0.5) is 0 Å². The zero-order valence-electron chi connectivity index (χ0n) is 9.95. The van der Waals surface area contributed by atoms with Gasteiger partial charge in [0.25, 0.3) is 0 Å². The van der Waals surface area contributed by atoms with Gasteiger partial charge < -0.3 is 5.73 Å². The Morgan fingerprint density at radius 2 is 1.62 bits per heavy atom. The average Bonchev–Trinajstić information content (AvgIpc) is 2.13. The molecule has 2 nitrogen and oxygen atoms in total. The number of nitrogens with two attached hydrogens (primary N) is 1. The molecule has 4 bridgehead atoms. The summed E-state index contributed by atoms with van der Waals surface area (Å²) in [4.78, 5) is 11.2. The van der Waals surface area contributed by atoms with Crippen LogP contribution in [-0.2, 0) is 4.79 Å². The van der Waals surface area contributed by atoms with Crippen LogP contribution in [0.3, 0.4) is 0 Å². The van der Waals surface area contributed by atoms with E-state index in [2.05, 4.69) is 0 Å². The molecular formula is C13H21NOS. The Kier molecular flexibility index (Phi) is 2.50. The minimum atomic E-state index is -0.138. The molecule has 1 atom stereocenters. The van der Waals surface area contributed by atoms with Crippen LogP contribution in [0.25, 0.3) is 0 Å². The molecule has 1 unspecified atom stereocenters. The fraction of sp³-hybridized carbons (Fsp3) is 0.923. The van der Waals surface area contributed by atoms with Gasteiger partial charge in [0.1, 0.15) is 0 Å². The minimum absolute atomic E-state index is 0.00347. The van der Waals surface area contributed by atoms with Gasteiger partial charge in [-0.25, -0.2) is 0 Å². The van der Waals surface area contributed by atoms with Crippen molar-refractivity contribution in [2.75, 3.05) is 0 Å². The smallest absolute Gasteiger partial charge is 0.230 e. The summed E-state index contributed by atoms with van der Waals surface area (Å²) < 4.78 is 0.420. The first-order valence-corrected chi connectivity index (χ1v) is 7.41. The maximum atomic E-state index is 11.2. The second-order valence-electron chi connectivity index (χ2n) is 6.26. The third kappa shape index (κ3) is 1.77. The first-order valence-electron chi connectivity index (χ1n) is 6.53. The molecule has 0 spiro atoms. The molecular weight excluding hydrogens is 218 g/mol. The maximum Gasteiger partial charge on any atom is 0.230 e. The van der Waals surface area contributed by atoms with Gasteiger partial charge in [0.2, 0.25) is 5.91 Å². The first-order chi connectivity index (χ1) is 7.56. The second-order valence-corrected chi connectivity index (χ2v) is 8.07. The van der Waals surface area contributed by atoms with Crippen LogP contribution in [0.2, 0.25) is 0 Å². The van der Waals surface area contributed by atoms with Crippen LogP contribution in [0.5, 0.6) is 0 Å². The summed E-state index contributed by atoms with van der Waals surface area (Å²) in [6.07, 6.45) is 8.43. The molecule has 0 aromatic heterocycles. The highest BCUT2D eigenvalue weighted by atomic mass is 32.2. The van der Waals surface area contributed by atoms with Crippen LogP contribution < -0.4 is 5.73 Å². The summed E-state index contributed by atoms with van der Waals surface area (Å²) in [7, 11) is 0. The molecule has 0 aliphatic heterocycles. The van der Waals surface area contributed by atoms with Gasteiger partial charge in [-0.3, -0.25) is 4.79 Å². The maximum absolute atomic E-state index is 11.2. The zero-order valence-corrected chi connectivity index (χ0v) is 10.8. The molecule has 0 aromatic carbocycles. The number of amides is 1. The lowest BCUT2D eigenvalue weighted by atomic mass is 9.56. The highest BCUT2D eigenvalue weighted by molar-refractivity contribution is 8.01. The molecule has 16 heavy (non-hydrogen) atoms. The number of primary amides is 1. The van der Waals surface area contributed by atoms with E-state index in [1.54, 1.807) is 0 Å². The monoisotopic (exact) mass is 239 g/mol. The molecule has 3 heteroatoms. The van der Waals surface area contributed by atoms with E-state index in [0.717, 1.165) is 17.8 Å². The van der Waals surface area contributed by atoms with Crippen molar-refractivity contribution in [3.63, 3.8) is 0 Å². The predicted octanol–water partition coefficient (Wildman–Crippen LogP) is 2.56. The fourth-order valence-electron chi connectivity index (χ4n) is 4.61. The summed E-state index contributed by atoms with van der Waals surface area (Å²) in [6.45, 7) is 1.98. The molecule has 0 heterocycles. The lowest BCUT2D eigenvalue weighted by Crippen LogP contribution is -2.49. The molecule has 2 N–H and O–H groups in total. The Balaban J connectivity index is 1.76. The van der Waals surface area contributed by atoms with Gasteiger partial charge >= 0.3 is 0 Å². The van der Waals surface area contributed by atoms with E-state index in [9.17, 15) is 4.79 Å². The van der Waals surface area contributed by atoms with Crippen molar-refractivity contribution in [3.8, 4) is 0 Å². The van der Waals surface area contributed by atoms with Gasteiger partial charge in [-0.15, -0.1) is 11.8 Å². The van der Waals surface area contributed by atoms with Crippen LogP contribution in [0.1, 0.15) is 45.4 Å². The quantitative estimate of drug-likeness (QED) is 0.822. The second kappa shape index (κ2) is 3.66.